The Bertz CT molecular complexity index is 367. The van der Waals surface area contributed by atoms with Gasteiger partial charge in [0.15, 0.2) is 11.6 Å². The molecule has 1 fully saturated rings. The van der Waals surface area contributed by atoms with Crippen molar-refractivity contribution in [2.45, 2.75) is 25.6 Å². The lowest BCUT2D eigenvalue weighted by atomic mass is 10.1. The van der Waals surface area contributed by atoms with E-state index in [1.165, 1.54) is 6.07 Å². The Morgan fingerprint density at radius 3 is 3.06 bits per heavy atom. The Labute approximate surface area is 93.8 Å². The van der Waals surface area contributed by atoms with Crippen molar-refractivity contribution < 1.29 is 19.0 Å². The third-order valence-electron chi connectivity index (χ3n) is 2.63. The molecule has 0 amide bonds. The summed E-state index contributed by atoms with van der Waals surface area (Å²) in [6.07, 6.45) is -0.545. The minimum absolute atomic E-state index is 0.176. The number of hydrogen-bond acceptors (Lipinski definition) is 3. The van der Waals surface area contributed by atoms with Crippen molar-refractivity contribution in [2.24, 2.45) is 0 Å². The third kappa shape index (κ3) is 2.51. The quantitative estimate of drug-likeness (QED) is 0.833. The highest BCUT2D eigenvalue weighted by molar-refractivity contribution is 5.29. The van der Waals surface area contributed by atoms with E-state index in [0.29, 0.717) is 19.6 Å². The number of aryl methyl sites for hydroxylation is 1. The van der Waals surface area contributed by atoms with Gasteiger partial charge >= 0.3 is 0 Å². The highest BCUT2D eigenvalue weighted by Gasteiger charge is 2.26. The lowest BCUT2D eigenvalue weighted by Crippen LogP contribution is -2.41. The first-order valence-electron chi connectivity index (χ1n) is 5.35. The zero-order valence-electron chi connectivity index (χ0n) is 9.15. The van der Waals surface area contributed by atoms with E-state index in [9.17, 15) is 9.50 Å². The smallest absolute Gasteiger partial charge is 0.165 e. The summed E-state index contributed by atoms with van der Waals surface area (Å²) >= 11 is 0. The standard InChI is InChI=1S/C12H15FO3/c1-8-2-3-9(13)11(6-8)16-12-7-15-5-4-10(12)14/h2-3,6,10,12,14H,4-5,7H2,1H3. The minimum Gasteiger partial charge on any atom is -0.482 e. The summed E-state index contributed by atoms with van der Waals surface area (Å²) in [7, 11) is 0. The molecule has 0 saturated carbocycles. The number of ether oxygens (including phenoxy) is 2. The minimum atomic E-state index is -0.589. The molecule has 0 radical (unpaired) electrons. The lowest BCUT2D eigenvalue weighted by molar-refractivity contribution is -0.0745. The van der Waals surface area contributed by atoms with Crippen LogP contribution in [-0.4, -0.2) is 30.5 Å². The number of hydrogen-bond donors (Lipinski definition) is 1. The van der Waals surface area contributed by atoms with Crippen LogP contribution in [0.25, 0.3) is 0 Å². The van der Waals surface area contributed by atoms with E-state index in [2.05, 4.69) is 0 Å². The average molecular weight is 226 g/mol. The molecule has 0 bridgehead atoms. The molecule has 2 unspecified atom stereocenters. The van der Waals surface area contributed by atoms with E-state index in [1.807, 2.05) is 6.92 Å². The monoisotopic (exact) mass is 226 g/mol. The molecular weight excluding hydrogens is 211 g/mol. The van der Waals surface area contributed by atoms with Gasteiger partial charge in [0, 0.05) is 13.0 Å². The van der Waals surface area contributed by atoms with Gasteiger partial charge in [0.2, 0.25) is 0 Å². The molecule has 1 aromatic rings. The molecule has 16 heavy (non-hydrogen) atoms. The molecular formula is C12H15FO3. The van der Waals surface area contributed by atoms with Crippen molar-refractivity contribution in [1.29, 1.82) is 0 Å². The first-order valence-corrected chi connectivity index (χ1v) is 5.35. The summed E-state index contributed by atoms with van der Waals surface area (Å²) in [5.41, 5.74) is 0.919. The van der Waals surface area contributed by atoms with Gasteiger partial charge in [-0.3, -0.25) is 0 Å². The molecule has 1 aliphatic heterocycles. The second kappa shape index (κ2) is 4.80. The van der Waals surface area contributed by atoms with Gasteiger partial charge in [-0.05, 0) is 24.6 Å². The van der Waals surface area contributed by atoms with Crippen LogP contribution in [0.1, 0.15) is 12.0 Å². The van der Waals surface area contributed by atoms with Crippen molar-refractivity contribution in [1.82, 2.24) is 0 Å². The van der Waals surface area contributed by atoms with Crippen LogP contribution in [0.5, 0.6) is 5.75 Å². The summed E-state index contributed by atoms with van der Waals surface area (Å²) in [5, 5.41) is 9.66. The van der Waals surface area contributed by atoms with E-state index < -0.39 is 18.0 Å². The summed E-state index contributed by atoms with van der Waals surface area (Å²) in [5.74, 6) is -0.238. The molecule has 1 aliphatic rings. The molecule has 88 valence electrons. The molecule has 0 aliphatic carbocycles. The molecule has 1 heterocycles. The molecule has 3 nitrogen and oxygen atoms in total. The molecule has 2 rings (SSSR count). The first-order chi connectivity index (χ1) is 7.66. The van der Waals surface area contributed by atoms with E-state index in [1.54, 1.807) is 12.1 Å². The topological polar surface area (TPSA) is 38.7 Å². The fraction of sp³-hybridized carbons (Fsp3) is 0.500. The van der Waals surface area contributed by atoms with E-state index >= 15 is 0 Å². The van der Waals surface area contributed by atoms with Crippen molar-refractivity contribution in [3.05, 3.63) is 29.6 Å². The maximum atomic E-state index is 13.4. The zero-order chi connectivity index (χ0) is 11.5. The fourth-order valence-electron chi connectivity index (χ4n) is 1.68. The van der Waals surface area contributed by atoms with E-state index in [0.717, 1.165) is 5.56 Å². The van der Waals surface area contributed by atoms with Gasteiger partial charge in [-0.1, -0.05) is 6.07 Å². The van der Waals surface area contributed by atoms with Gasteiger partial charge in [-0.2, -0.15) is 0 Å². The second-order valence-corrected chi connectivity index (χ2v) is 4.02. The van der Waals surface area contributed by atoms with Crippen LogP contribution in [0.4, 0.5) is 4.39 Å². The van der Waals surface area contributed by atoms with Crippen LogP contribution in [0, 0.1) is 12.7 Å². The Morgan fingerprint density at radius 2 is 2.31 bits per heavy atom. The Hall–Kier alpha value is -1.13. The van der Waals surface area contributed by atoms with Crippen LogP contribution >= 0.6 is 0 Å². The van der Waals surface area contributed by atoms with Crippen molar-refractivity contribution in [2.75, 3.05) is 13.2 Å². The maximum Gasteiger partial charge on any atom is 0.165 e. The number of halogens is 1. The summed E-state index contributed by atoms with van der Waals surface area (Å²) in [4.78, 5) is 0. The summed E-state index contributed by atoms with van der Waals surface area (Å²) in [6, 6.07) is 4.66. The van der Waals surface area contributed by atoms with Gasteiger partial charge < -0.3 is 14.6 Å². The van der Waals surface area contributed by atoms with Crippen LogP contribution in [0.2, 0.25) is 0 Å². The lowest BCUT2D eigenvalue weighted by Gasteiger charge is -2.28. The SMILES string of the molecule is Cc1ccc(F)c(OC2COCCC2O)c1. The number of aliphatic hydroxyl groups is 1. The van der Waals surface area contributed by atoms with E-state index in [4.69, 9.17) is 9.47 Å². The first kappa shape index (κ1) is 11.4. The fourth-order valence-corrected chi connectivity index (χ4v) is 1.68. The van der Waals surface area contributed by atoms with Crippen LogP contribution in [-0.2, 0) is 4.74 Å². The van der Waals surface area contributed by atoms with Gasteiger partial charge in [0.1, 0.15) is 6.10 Å². The highest BCUT2D eigenvalue weighted by Crippen LogP contribution is 2.22. The van der Waals surface area contributed by atoms with Crippen molar-refractivity contribution in [3.8, 4) is 5.75 Å². The molecule has 1 saturated heterocycles. The normalized spacial score (nSPS) is 25.4. The summed E-state index contributed by atoms with van der Waals surface area (Å²) < 4.78 is 24.0. The Morgan fingerprint density at radius 1 is 1.50 bits per heavy atom. The molecule has 1 aromatic carbocycles. The Balaban J connectivity index is 2.10. The number of benzene rings is 1. The molecule has 4 heteroatoms. The number of rotatable bonds is 2. The van der Waals surface area contributed by atoms with Crippen molar-refractivity contribution >= 4 is 0 Å². The zero-order valence-corrected chi connectivity index (χ0v) is 9.15. The van der Waals surface area contributed by atoms with Gasteiger partial charge in [-0.25, -0.2) is 4.39 Å². The average Bonchev–Trinajstić information content (AvgIpc) is 2.27. The molecule has 2 atom stereocenters. The Kier molecular flexibility index (Phi) is 3.41. The maximum absolute atomic E-state index is 13.4. The van der Waals surface area contributed by atoms with Crippen LogP contribution in [0.3, 0.4) is 0 Å². The largest absolute Gasteiger partial charge is 0.482 e. The van der Waals surface area contributed by atoms with E-state index in [-0.39, 0.29) is 5.75 Å². The second-order valence-electron chi connectivity index (χ2n) is 4.02. The van der Waals surface area contributed by atoms with Crippen molar-refractivity contribution in [3.63, 3.8) is 0 Å². The van der Waals surface area contributed by atoms with Gasteiger partial charge in [0.25, 0.3) is 0 Å². The molecule has 0 spiro atoms. The highest BCUT2D eigenvalue weighted by atomic mass is 19.1. The predicted octanol–water partition coefficient (Wildman–Crippen LogP) is 1.66. The predicted molar refractivity (Wildman–Crippen MR) is 57.0 cm³/mol. The van der Waals surface area contributed by atoms with Gasteiger partial charge in [-0.15, -0.1) is 0 Å². The number of aliphatic hydroxyl groups excluding tert-OH is 1. The third-order valence-corrected chi connectivity index (χ3v) is 2.63. The summed E-state index contributed by atoms with van der Waals surface area (Å²) in [6.45, 7) is 2.69. The van der Waals surface area contributed by atoms with Crippen LogP contribution < -0.4 is 4.74 Å². The molecule has 0 aromatic heterocycles. The molecule has 1 N–H and O–H groups in total. The van der Waals surface area contributed by atoms with Crippen LogP contribution in [0.15, 0.2) is 18.2 Å². The van der Waals surface area contributed by atoms with Gasteiger partial charge in [0.05, 0.1) is 12.7 Å².